The summed E-state index contributed by atoms with van der Waals surface area (Å²) >= 11 is 3.45. The first kappa shape index (κ1) is 18.2. The van der Waals surface area contributed by atoms with Crippen LogP contribution in [0.4, 0.5) is 0 Å². The number of rotatable bonds is 5. The topological polar surface area (TPSA) is 35.5 Å². The Morgan fingerprint density at radius 1 is 0.923 bits per heavy atom. The Morgan fingerprint density at radius 3 is 2.23 bits per heavy atom. The highest BCUT2D eigenvalue weighted by Gasteiger charge is 2.13. The van der Waals surface area contributed by atoms with Gasteiger partial charge < -0.3 is 9.47 Å². The lowest BCUT2D eigenvalue weighted by molar-refractivity contribution is -0.136. The Kier molecular flexibility index (Phi) is 5.74. The number of ether oxygens (including phenoxy) is 2. The van der Waals surface area contributed by atoms with Crippen molar-refractivity contribution < 1.29 is 14.3 Å². The lowest BCUT2D eigenvalue weighted by Gasteiger charge is -2.13. The molecule has 0 aromatic heterocycles. The third kappa shape index (κ3) is 4.33. The minimum absolute atomic E-state index is 0.146. The molecule has 4 heteroatoms. The lowest BCUT2D eigenvalue weighted by Crippen LogP contribution is -2.18. The Hall–Kier alpha value is -2.59. The number of halogens is 1. The van der Waals surface area contributed by atoms with Gasteiger partial charge in [-0.1, -0.05) is 64.5 Å². The monoisotopic (exact) mass is 410 g/mol. The molecular formula is C22H19BrO3. The second-order valence-corrected chi connectivity index (χ2v) is 6.91. The molecule has 0 bridgehead atoms. The first-order chi connectivity index (χ1) is 12.5. The average molecular weight is 411 g/mol. The molecule has 3 aromatic rings. The van der Waals surface area contributed by atoms with Crippen LogP contribution in [0, 0.1) is 13.8 Å². The van der Waals surface area contributed by atoms with Crippen LogP contribution in [0.1, 0.15) is 11.1 Å². The number of hydrogen-bond acceptors (Lipinski definition) is 3. The largest absolute Gasteiger partial charge is 0.481 e. The van der Waals surface area contributed by atoms with Gasteiger partial charge in [0, 0.05) is 10.0 Å². The van der Waals surface area contributed by atoms with E-state index in [9.17, 15) is 4.79 Å². The number of hydrogen-bond donors (Lipinski definition) is 0. The third-order valence-electron chi connectivity index (χ3n) is 3.96. The van der Waals surface area contributed by atoms with Gasteiger partial charge in [-0.2, -0.15) is 0 Å². The molecule has 0 amide bonds. The fraction of sp³-hybridized carbons (Fsp3) is 0.136. The van der Waals surface area contributed by atoms with E-state index in [-0.39, 0.29) is 6.61 Å². The highest BCUT2D eigenvalue weighted by molar-refractivity contribution is 9.10. The van der Waals surface area contributed by atoms with Crippen molar-refractivity contribution in [2.75, 3.05) is 6.61 Å². The van der Waals surface area contributed by atoms with E-state index >= 15 is 0 Å². The summed E-state index contributed by atoms with van der Waals surface area (Å²) in [4.78, 5) is 12.3. The van der Waals surface area contributed by atoms with Crippen LogP contribution in [0.15, 0.2) is 71.2 Å². The van der Waals surface area contributed by atoms with Gasteiger partial charge in [-0.3, -0.25) is 0 Å². The number of para-hydroxylation sites is 1. The van der Waals surface area contributed by atoms with E-state index < -0.39 is 5.97 Å². The fourth-order valence-electron chi connectivity index (χ4n) is 2.82. The van der Waals surface area contributed by atoms with Crippen molar-refractivity contribution in [3.05, 3.63) is 82.3 Å². The minimum atomic E-state index is -0.435. The zero-order valence-corrected chi connectivity index (χ0v) is 16.2. The minimum Gasteiger partial charge on any atom is -0.481 e. The van der Waals surface area contributed by atoms with Crippen LogP contribution < -0.4 is 9.47 Å². The van der Waals surface area contributed by atoms with E-state index in [1.807, 2.05) is 74.5 Å². The molecule has 0 fully saturated rings. The van der Waals surface area contributed by atoms with E-state index in [0.29, 0.717) is 11.5 Å². The summed E-state index contributed by atoms with van der Waals surface area (Å²) in [7, 11) is 0. The summed E-state index contributed by atoms with van der Waals surface area (Å²) in [6.45, 7) is 3.75. The normalized spacial score (nSPS) is 10.4. The van der Waals surface area contributed by atoms with Crippen LogP contribution in [0.25, 0.3) is 11.1 Å². The van der Waals surface area contributed by atoms with Crippen LogP contribution in [0.5, 0.6) is 11.5 Å². The van der Waals surface area contributed by atoms with Gasteiger partial charge in [0.2, 0.25) is 0 Å². The number of aryl methyl sites for hydroxylation is 2. The van der Waals surface area contributed by atoms with Gasteiger partial charge in [0.1, 0.15) is 11.5 Å². The molecule has 0 aliphatic rings. The maximum absolute atomic E-state index is 12.3. The van der Waals surface area contributed by atoms with Gasteiger partial charge in [0.15, 0.2) is 6.61 Å². The SMILES string of the molecule is Cc1cc(Br)cc(C)c1OCC(=O)Oc1ccccc1-c1ccccc1. The second-order valence-electron chi connectivity index (χ2n) is 5.99. The van der Waals surface area contributed by atoms with Gasteiger partial charge >= 0.3 is 5.97 Å². The van der Waals surface area contributed by atoms with E-state index in [1.165, 1.54) is 0 Å². The second kappa shape index (κ2) is 8.19. The van der Waals surface area contributed by atoms with Gasteiger partial charge in [0.25, 0.3) is 0 Å². The lowest BCUT2D eigenvalue weighted by atomic mass is 10.1. The molecule has 0 unspecified atom stereocenters. The number of carbonyl (C=O) groups is 1. The third-order valence-corrected chi connectivity index (χ3v) is 4.41. The van der Waals surface area contributed by atoms with Gasteiger partial charge in [-0.05, 0) is 48.7 Å². The van der Waals surface area contributed by atoms with Crippen molar-refractivity contribution in [3.63, 3.8) is 0 Å². The summed E-state index contributed by atoms with van der Waals surface area (Å²) < 4.78 is 12.2. The number of esters is 1. The molecular weight excluding hydrogens is 392 g/mol. The summed E-state index contributed by atoms with van der Waals surface area (Å²) in [6.07, 6.45) is 0. The molecule has 0 aliphatic carbocycles. The molecule has 26 heavy (non-hydrogen) atoms. The van der Waals surface area contributed by atoms with Crippen LogP contribution in [0.2, 0.25) is 0 Å². The fourth-order valence-corrected chi connectivity index (χ4v) is 3.51. The van der Waals surface area contributed by atoms with Crippen molar-refractivity contribution in [1.82, 2.24) is 0 Å². The van der Waals surface area contributed by atoms with Gasteiger partial charge in [-0.25, -0.2) is 4.79 Å². The molecule has 3 aromatic carbocycles. The molecule has 0 radical (unpaired) electrons. The maximum atomic E-state index is 12.3. The molecule has 132 valence electrons. The summed E-state index contributed by atoms with van der Waals surface area (Å²) in [5, 5.41) is 0. The number of carbonyl (C=O) groups excluding carboxylic acids is 1. The Labute approximate surface area is 161 Å². The Bertz CT molecular complexity index is 897. The predicted molar refractivity (Wildman–Crippen MR) is 107 cm³/mol. The maximum Gasteiger partial charge on any atom is 0.349 e. The molecule has 0 atom stereocenters. The van der Waals surface area contributed by atoms with Crippen LogP contribution in [-0.4, -0.2) is 12.6 Å². The number of benzene rings is 3. The van der Waals surface area contributed by atoms with E-state index in [2.05, 4.69) is 15.9 Å². The smallest absolute Gasteiger partial charge is 0.349 e. The predicted octanol–water partition coefficient (Wildman–Crippen LogP) is 5.72. The molecule has 0 spiro atoms. The summed E-state index contributed by atoms with van der Waals surface area (Å²) in [6, 6.07) is 21.2. The van der Waals surface area contributed by atoms with Crippen LogP contribution in [-0.2, 0) is 4.79 Å². The van der Waals surface area contributed by atoms with E-state index in [0.717, 1.165) is 26.7 Å². The molecule has 0 N–H and O–H groups in total. The van der Waals surface area contributed by atoms with Crippen LogP contribution >= 0.6 is 15.9 Å². The molecule has 0 heterocycles. The summed E-state index contributed by atoms with van der Waals surface area (Å²) in [5.74, 6) is 0.799. The van der Waals surface area contributed by atoms with Crippen molar-refractivity contribution >= 4 is 21.9 Å². The molecule has 3 nitrogen and oxygen atoms in total. The first-order valence-corrected chi connectivity index (χ1v) is 9.08. The van der Waals surface area contributed by atoms with Crippen molar-refractivity contribution in [1.29, 1.82) is 0 Å². The standard InChI is InChI=1S/C22H19BrO3/c1-15-12-18(23)13-16(2)22(15)25-14-21(24)26-20-11-7-6-10-19(20)17-8-4-3-5-9-17/h3-13H,14H2,1-2H3. The van der Waals surface area contributed by atoms with Crippen LogP contribution in [0.3, 0.4) is 0 Å². The van der Waals surface area contributed by atoms with Gasteiger partial charge in [-0.15, -0.1) is 0 Å². The Balaban J connectivity index is 1.72. The molecule has 0 saturated carbocycles. The Morgan fingerprint density at radius 2 is 1.54 bits per heavy atom. The van der Waals surface area contributed by atoms with Crippen molar-refractivity contribution in [3.8, 4) is 22.6 Å². The summed E-state index contributed by atoms with van der Waals surface area (Å²) in [5.41, 5.74) is 3.80. The molecule has 0 saturated heterocycles. The zero-order valence-electron chi connectivity index (χ0n) is 14.7. The quantitative estimate of drug-likeness (QED) is 0.398. The molecule has 0 aliphatic heterocycles. The van der Waals surface area contributed by atoms with E-state index in [1.54, 1.807) is 6.07 Å². The van der Waals surface area contributed by atoms with Crippen molar-refractivity contribution in [2.24, 2.45) is 0 Å². The average Bonchev–Trinajstić information content (AvgIpc) is 2.62. The van der Waals surface area contributed by atoms with E-state index in [4.69, 9.17) is 9.47 Å². The highest BCUT2D eigenvalue weighted by Crippen LogP contribution is 2.30. The zero-order chi connectivity index (χ0) is 18.5. The first-order valence-electron chi connectivity index (χ1n) is 8.29. The highest BCUT2D eigenvalue weighted by atomic mass is 79.9. The van der Waals surface area contributed by atoms with Gasteiger partial charge in [0.05, 0.1) is 0 Å². The van der Waals surface area contributed by atoms with Crippen molar-refractivity contribution in [2.45, 2.75) is 13.8 Å². The molecule has 3 rings (SSSR count).